The van der Waals surface area contributed by atoms with Crippen LogP contribution in [-0.2, 0) is 14.3 Å². The highest BCUT2D eigenvalue weighted by Gasteiger charge is 2.66. The second-order valence-corrected chi connectivity index (χ2v) is 10.1. The number of guanidine groups is 1. The summed E-state index contributed by atoms with van der Waals surface area (Å²) in [4.78, 5) is 31.5. The second-order valence-electron chi connectivity index (χ2n) is 10.1. The molecular weight excluding hydrogens is 380 g/mol. The number of rotatable bonds is 5. The summed E-state index contributed by atoms with van der Waals surface area (Å²) in [7, 11) is 1.81. The van der Waals surface area contributed by atoms with Crippen molar-refractivity contribution < 1.29 is 14.3 Å². The van der Waals surface area contributed by atoms with E-state index in [1.54, 1.807) is 0 Å². The average molecular weight is 413 g/mol. The molecule has 7 unspecified atom stereocenters. The molecular formula is C23H32N4O3. The highest BCUT2D eigenvalue weighted by Crippen LogP contribution is 2.62. The molecule has 2 aliphatic heterocycles. The van der Waals surface area contributed by atoms with Gasteiger partial charge in [-0.25, -0.2) is 0 Å². The van der Waals surface area contributed by atoms with Gasteiger partial charge in [-0.15, -0.1) is 0 Å². The lowest BCUT2D eigenvalue weighted by molar-refractivity contribution is -0.171. The Balaban J connectivity index is 1.00. The normalized spacial score (nSPS) is 42.4. The molecule has 7 atom stereocenters. The van der Waals surface area contributed by atoms with E-state index in [0.29, 0.717) is 36.6 Å². The van der Waals surface area contributed by atoms with Crippen LogP contribution in [0.3, 0.4) is 0 Å². The van der Waals surface area contributed by atoms with Crippen LogP contribution in [0.4, 0.5) is 0 Å². The summed E-state index contributed by atoms with van der Waals surface area (Å²) in [6, 6.07) is 0.453. The third-order valence-corrected chi connectivity index (χ3v) is 8.96. The van der Waals surface area contributed by atoms with E-state index in [2.05, 4.69) is 27.8 Å². The third-order valence-electron chi connectivity index (χ3n) is 8.96. The minimum Gasteiger partial charge on any atom is -0.377 e. The minimum absolute atomic E-state index is 0.0537. The van der Waals surface area contributed by atoms with Gasteiger partial charge in [0.1, 0.15) is 0 Å². The monoisotopic (exact) mass is 412 g/mol. The highest BCUT2D eigenvalue weighted by atomic mass is 16.5. The molecule has 2 N–H and O–H groups in total. The molecule has 1 spiro atoms. The van der Waals surface area contributed by atoms with Crippen molar-refractivity contribution in [1.82, 2.24) is 15.5 Å². The van der Waals surface area contributed by atoms with Crippen LogP contribution in [0.2, 0.25) is 0 Å². The number of ether oxygens (including phenoxy) is 1. The maximum atomic E-state index is 12.8. The van der Waals surface area contributed by atoms with Gasteiger partial charge in [-0.2, -0.15) is 0 Å². The number of imide groups is 1. The van der Waals surface area contributed by atoms with Crippen molar-refractivity contribution in [1.29, 1.82) is 0 Å². The summed E-state index contributed by atoms with van der Waals surface area (Å²) in [6.07, 6.45) is 11.4. The molecule has 0 aromatic heterocycles. The molecule has 2 saturated heterocycles. The Kier molecular flexibility index (Phi) is 4.28. The summed E-state index contributed by atoms with van der Waals surface area (Å²) in [5.41, 5.74) is 0.318. The van der Waals surface area contributed by atoms with Crippen LogP contribution in [0.15, 0.2) is 17.1 Å². The van der Waals surface area contributed by atoms with Crippen LogP contribution in [0.1, 0.15) is 38.5 Å². The third kappa shape index (κ3) is 2.44. The predicted molar refractivity (Wildman–Crippen MR) is 111 cm³/mol. The molecule has 0 aromatic rings. The lowest BCUT2D eigenvalue weighted by Crippen LogP contribution is -2.72. The Bertz CT molecular complexity index is 789. The van der Waals surface area contributed by atoms with Crippen LogP contribution < -0.4 is 10.6 Å². The van der Waals surface area contributed by atoms with Crippen molar-refractivity contribution in [3.05, 3.63) is 12.2 Å². The van der Waals surface area contributed by atoms with Gasteiger partial charge < -0.3 is 15.4 Å². The first-order valence-electron chi connectivity index (χ1n) is 11.8. The van der Waals surface area contributed by atoms with Crippen LogP contribution >= 0.6 is 0 Å². The van der Waals surface area contributed by atoms with Gasteiger partial charge in [0, 0.05) is 44.1 Å². The van der Waals surface area contributed by atoms with Gasteiger partial charge in [0.2, 0.25) is 11.8 Å². The topological polar surface area (TPSA) is 83.0 Å². The van der Waals surface area contributed by atoms with E-state index in [1.165, 1.54) is 24.2 Å². The summed E-state index contributed by atoms with van der Waals surface area (Å²) in [6.45, 7) is 2.08. The Morgan fingerprint density at radius 3 is 2.60 bits per heavy atom. The van der Waals surface area contributed by atoms with E-state index in [4.69, 9.17) is 4.74 Å². The molecule has 4 aliphatic carbocycles. The van der Waals surface area contributed by atoms with Gasteiger partial charge >= 0.3 is 0 Å². The number of nitrogens with zero attached hydrogens (tertiary/aromatic N) is 2. The fourth-order valence-electron chi connectivity index (χ4n) is 7.43. The van der Waals surface area contributed by atoms with Crippen molar-refractivity contribution >= 4 is 17.8 Å². The molecule has 162 valence electrons. The van der Waals surface area contributed by atoms with Crippen molar-refractivity contribution in [2.75, 3.05) is 26.7 Å². The first-order valence-corrected chi connectivity index (χ1v) is 11.8. The van der Waals surface area contributed by atoms with Crippen molar-refractivity contribution in [3.63, 3.8) is 0 Å². The predicted octanol–water partition coefficient (Wildman–Crippen LogP) is 1.31. The number of aliphatic imine (C=N–C) groups is 1. The van der Waals surface area contributed by atoms with E-state index >= 15 is 0 Å². The van der Waals surface area contributed by atoms with Crippen molar-refractivity contribution in [2.45, 2.75) is 50.7 Å². The van der Waals surface area contributed by atoms with Gasteiger partial charge in [0.25, 0.3) is 0 Å². The van der Waals surface area contributed by atoms with Gasteiger partial charge in [-0.3, -0.25) is 19.5 Å². The molecule has 2 heterocycles. The fourth-order valence-corrected chi connectivity index (χ4v) is 7.43. The van der Waals surface area contributed by atoms with E-state index in [9.17, 15) is 9.59 Å². The Labute approximate surface area is 177 Å². The molecule has 6 rings (SSSR count). The van der Waals surface area contributed by atoms with E-state index in [0.717, 1.165) is 31.8 Å². The van der Waals surface area contributed by atoms with Gasteiger partial charge in [0.15, 0.2) is 5.96 Å². The smallest absolute Gasteiger partial charge is 0.233 e. The van der Waals surface area contributed by atoms with E-state index in [1.807, 2.05) is 7.05 Å². The Hall–Kier alpha value is -1.89. The molecule has 3 saturated carbocycles. The molecule has 5 fully saturated rings. The van der Waals surface area contributed by atoms with Crippen molar-refractivity contribution in [2.24, 2.45) is 40.0 Å². The zero-order chi connectivity index (χ0) is 20.5. The summed E-state index contributed by atoms with van der Waals surface area (Å²) < 4.78 is 6.01. The molecule has 2 amide bonds. The first-order chi connectivity index (χ1) is 14.6. The first kappa shape index (κ1) is 18.8. The maximum absolute atomic E-state index is 12.8. The van der Waals surface area contributed by atoms with Crippen molar-refractivity contribution in [3.8, 4) is 0 Å². The summed E-state index contributed by atoms with van der Waals surface area (Å²) >= 11 is 0. The molecule has 0 radical (unpaired) electrons. The SMILES string of the molecule is CN=C(NCCCN1C(=O)C2C3C=CC(C3)C2C1=O)NC1C2CCOC2C12CCC2. The highest BCUT2D eigenvalue weighted by molar-refractivity contribution is 6.06. The number of amides is 2. The van der Waals surface area contributed by atoms with Gasteiger partial charge in [-0.1, -0.05) is 18.6 Å². The number of allylic oxidation sites excluding steroid dienone is 2. The van der Waals surface area contributed by atoms with Crippen LogP contribution in [0.5, 0.6) is 0 Å². The average Bonchev–Trinajstić information content (AvgIpc) is 3.46. The molecule has 7 nitrogen and oxygen atoms in total. The molecule has 30 heavy (non-hydrogen) atoms. The summed E-state index contributed by atoms with van der Waals surface area (Å²) in [5.74, 6) is 1.93. The number of hydrogen-bond donors (Lipinski definition) is 2. The van der Waals surface area contributed by atoms with Crippen LogP contribution in [0.25, 0.3) is 0 Å². The number of fused-ring (bicyclic) bond motifs is 7. The molecule has 7 heteroatoms. The number of carbonyl (C=O) groups is 2. The van der Waals surface area contributed by atoms with E-state index < -0.39 is 0 Å². The lowest BCUT2D eigenvalue weighted by atomic mass is 9.46. The largest absolute Gasteiger partial charge is 0.377 e. The number of hydrogen-bond acceptors (Lipinski definition) is 4. The molecule has 0 aromatic carbocycles. The second kappa shape index (κ2) is 6.81. The number of likely N-dealkylation sites (tertiary alicyclic amines) is 1. The van der Waals surface area contributed by atoms with E-state index in [-0.39, 0.29) is 35.5 Å². The molecule has 2 bridgehead atoms. The maximum Gasteiger partial charge on any atom is 0.233 e. The zero-order valence-electron chi connectivity index (χ0n) is 17.7. The van der Waals surface area contributed by atoms with Gasteiger partial charge in [0.05, 0.1) is 17.9 Å². The lowest BCUT2D eigenvalue weighted by Gasteiger charge is -2.63. The summed E-state index contributed by atoms with van der Waals surface area (Å²) in [5, 5.41) is 7.07. The number of carbonyl (C=O) groups excluding carboxylic acids is 2. The quantitative estimate of drug-likeness (QED) is 0.234. The minimum atomic E-state index is -0.0891. The zero-order valence-corrected chi connectivity index (χ0v) is 17.7. The standard InChI is InChI=1S/C23H32N4O3/c1-24-22(26-18-15-6-11-30-19(15)23(18)7-2-8-23)25-9-3-10-27-20(28)16-13-4-5-14(12-13)17(16)21(27)29/h4-5,13-19H,2-3,6-12H2,1H3,(H2,24,25,26). The Morgan fingerprint density at radius 1 is 1.23 bits per heavy atom. The van der Waals surface area contributed by atoms with Crippen LogP contribution in [-0.4, -0.2) is 61.6 Å². The number of nitrogens with one attached hydrogen (secondary N) is 2. The Morgan fingerprint density at radius 2 is 1.97 bits per heavy atom. The van der Waals surface area contributed by atoms with Crippen LogP contribution in [0, 0.1) is 35.0 Å². The van der Waals surface area contributed by atoms with Gasteiger partial charge in [-0.05, 0) is 43.9 Å². The molecule has 6 aliphatic rings. The fraction of sp³-hybridized carbons (Fsp3) is 0.783.